The van der Waals surface area contributed by atoms with Gasteiger partial charge < -0.3 is 15.4 Å². The maximum atomic E-state index is 13.2. The minimum atomic E-state index is -1.28. The molecule has 1 atom stereocenters. The van der Waals surface area contributed by atoms with Crippen molar-refractivity contribution in [3.63, 3.8) is 0 Å². The summed E-state index contributed by atoms with van der Waals surface area (Å²) >= 11 is 0. The lowest BCUT2D eigenvalue weighted by molar-refractivity contribution is -0.153. The van der Waals surface area contributed by atoms with Crippen LogP contribution in [0.2, 0.25) is 0 Å². The van der Waals surface area contributed by atoms with Crippen LogP contribution in [0.5, 0.6) is 0 Å². The van der Waals surface area contributed by atoms with E-state index < -0.39 is 41.4 Å². The third-order valence-electron chi connectivity index (χ3n) is 6.41. The third-order valence-corrected chi connectivity index (χ3v) is 6.41. The first-order valence-corrected chi connectivity index (χ1v) is 10.9. The zero-order valence-electron chi connectivity index (χ0n) is 18.3. The Hall–Kier alpha value is -3.42. The molecule has 1 aliphatic heterocycles. The van der Waals surface area contributed by atoms with Crippen LogP contribution >= 0.6 is 0 Å². The molecular weight excluding hydrogens is 410 g/mol. The summed E-state index contributed by atoms with van der Waals surface area (Å²) in [4.78, 5) is 52.0. The average Bonchev–Trinajstić information content (AvgIpc) is 3.33. The van der Waals surface area contributed by atoms with Crippen molar-refractivity contribution in [3.8, 4) is 0 Å². The summed E-state index contributed by atoms with van der Waals surface area (Å²) in [5.74, 6) is -1.54. The van der Waals surface area contributed by atoms with Crippen molar-refractivity contribution in [1.29, 1.82) is 0 Å². The highest BCUT2D eigenvalue weighted by atomic mass is 16.5. The van der Waals surface area contributed by atoms with Crippen LogP contribution in [0.3, 0.4) is 0 Å². The highest BCUT2D eigenvalue weighted by molar-refractivity contribution is 6.09. The zero-order valence-corrected chi connectivity index (χ0v) is 18.3. The van der Waals surface area contributed by atoms with Gasteiger partial charge in [0, 0.05) is 0 Å². The van der Waals surface area contributed by atoms with Gasteiger partial charge in [-0.15, -0.1) is 0 Å². The molecule has 2 aromatic rings. The fourth-order valence-electron chi connectivity index (χ4n) is 4.61. The van der Waals surface area contributed by atoms with Crippen LogP contribution in [0.25, 0.3) is 10.8 Å². The number of fused-ring (bicyclic) bond motifs is 1. The molecule has 0 aromatic heterocycles. The van der Waals surface area contributed by atoms with E-state index >= 15 is 0 Å². The quantitative estimate of drug-likeness (QED) is 0.534. The Balaban J connectivity index is 1.52. The number of urea groups is 1. The van der Waals surface area contributed by atoms with Crippen molar-refractivity contribution in [2.45, 2.75) is 50.6 Å². The maximum Gasteiger partial charge on any atom is 0.331 e. The molecule has 1 unspecified atom stereocenters. The SMILES string of the molecule is CCOC(=O)C1(NC(=O)CN2C(=O)NC(C)(c3ccc4ccccc4c3)C2=O)CCCC1. The molecule has 4 amide bonds. The number of carbonyl (C=O) groups excluding carboxylic acids is 4. The second kappa shape index (κ2) is 8.26. The zero-order chi connectivity index (χ0) is 22.9. The van der Waals surface area contributed by atoms with E-state index in [9.17, 15) is 19.2 Å². The van der Waals surface area contributed by atoms with Crippen LogP contribution in [0, 0.1) is 0 Å². The summed E-state index contributed by atoms with van der Waals surface area (Å²) in [5, 5.41) is 7.45. The van der Waals surface area contributed by atoms with Gasteiger partial charge in [0.15, 0.2) is 0 Å². The van der Waals surface area contributed by atoms with E-state index in [1.807, 2.05) is 36.4 Å². The van der Waals surface area contributed by atoms with Crippen molar-refractivity contribution in [2.24, 2.45) is 0 Å². The molecule has 168 valence electrons. The van der Waals surface area contributed by atoms with E-state index in [0.29, 0.717) is 18.4 Å². The number of hydrogen-bond acceptors (Lipinski definition) is 5. The molecule has 0 spiro atoms. The molecule has 32 heavy (non-hydrogen) atoms. The second-order valence-corrected chi connectivity index (χ2v) is 8.57. The Morgan fingerprint density at radius 3 is 2.47 bits per heavy atom. The summed E-state index contributed by atoms with van der Waals surface area (Å²) in [6.07, 6.45) is 2.55. The topological polar surface area (TPSA) is 105 Å². The number of carbonyl (C=O) groups is 4. The van der Waals surface area contributed by atoms with Gasteiger partial charge in [0.2, 0.25) is 5.91 Å². The number of imide groups is 1. The molecule has 1 aliphatic carbocycles. The van der Waals surface area contributed by atoms with E-state index in [4.69, 9.17) is 4.74 Å². The molecule has 8 heteroatoms. The summed E-state index contributed by atoms with van der Waals surface area (Å²) < 4.78 is 5.15. The third kappa shape index (κ3) is 3.70. The van der Waals surface area contributed by atoms with E-state index in [-0.39, 0.29) is 6.61 Å². The number of nitrogens with one attached hydrogen (secondary N) is 2. The van der Waals surface area contributed by atoms with Crippen LogP contribution in [0.1, 0.15) is 45.1 Å². The van der Waals surface area contributed by atoms with Crippen LogP contribution < -0.4 is 10.6 Å². The van der Waals surface area contributed by atoms with Crippen molar-refractivity contribution in [3.05, 3.63) is 48.0 Å². The van der Waals surface area contributed by atoms with Crippen LogP contribution in [0.4, 0.5) is 4.79 Å². The average molecular weight is 437 g/mol. The number of esters is 1. The lowest BCUT2D eigenvalue weighted by Gasteiger charge is -2.28. The van der Waals surface area contributed by atoms with Gasteiger partial charge in [0.25, 0.3) is 5.91 Å². The highest BCUT2D eigenvalue weighted by Gasteiger charge is 2.50. The molecule has 1 saturated carbocycles. The summed E-state index contributed by atoms with van der Waals surface area (Å²) in [5.41, 5.74) is -1.74. The fraction of sp³-hybridized carbons (Fsp3) is 0.417. The first-order chi connectivity index (χ1) is 15.3. The summed E-state index contributed by atoms with van der Waals surface area (Å²) in [6.45, 7) is 3.10. The summed E-state index contributed by atoms with van der Waals surface area (Å²) in [6, 6.07) is 12.7. The van der Waals surface area contributed by atoms with Crippen molar-refractivity contribution < 1.29 is 23.9 Å². The van der Waals surface area contributed by atoms with Gasteiger partial charge in [-0.1, -0.05) is 49.2 Å². The molecule has 4 rings (SSSR count). The van der Waals surface area contributed by atoms with Crippen molar-refractivity contribution in [1.82, 2.24) is 15.5 Å². The first kappa shape index (κ1) is 21.8. The number of amides is 4. The van der Waals surface area contributed by atoms with Gasteiger partial charge >= 0.3 is 12.0 Å². The lowest BCUT2D eigenvalue weighted by atomic mass is 9.90. The molecule has 2 N–H and O–H groups in total. The fourth-order valence-corrected chi connectivity index (χ4v) is 4.61. The Morgan fingerprint density at radius 1 is 1.09 bits per heavy atom. The molecule has 2 fully saturated rings. The predicted octanol–water partition coefficient (Wildman–Crippen LogP) is 2.60. The highest BCUT2D eigenvalue weighted by Crippen LogP contribution is 2.33. The molecule has 8 nitrogen and oxygen atoms in total. The van der Waals surface area contributed by atoms with E-state index in [1.165, 1.54) is 0 Å². The Labute approximate surface area is 186 Å². The normalized spacial score (nSPS) is 22.1. The van der Waals surface area contributed by atoms with Crippen LogP contribution in [-0.2, 0) is 24.7 Å². The minimum Gasteiger partial charge on any atom is -0.464 e. The number of ether oxygens (including phenoxy) is 1. The van der Waals surface area contributed by atoms with Gasteiger partial charge in [0.1, 0.15) is 17.6 Å². The van der Waals surface area contributed by atoms with Crippen molar-refractivity contribution in [2.75, 3.05) is 13.2 Å². The predicted molar refractivity (Wildman–Crippen MR) is 118 cm³/mol. The number of hydrogen-bond donors (Lipinski definition) is 2. The largest absolute Gasteiger partial charge is 0.464 e. The van der Waals surface area contributed by atoms with Gasteiger partial charge in [0.05, 0.1) is 6.61 Å². The molecule has 2 aliphatic rings. The van der Waals surface area contributed by atoms with Gasteiger partial charge in [-0.2, -0.15) is 0 Å². The lowest BCUT2D eigenvalue weighted by Crippen LogP contribution is -2.56. The van der Waals surface area contributed by atoms with Crippen LogP contribution in [-0.4, -0.2) is 47.4 Å². The number of benzene rings is 2. The molecule has 2 aromatic carbocycles. The van der Waals surface area contributed by atoms with Gasteiger partial charge in [-0.3, -0.25) is 14.5 Å². The molecule has 1 saturated heterocycles. The first-order valence-electron chi connectivity index (χ1n) is 10.9. The Kier molecular flexibility index (Phi) is 5.62. The van der Waals surface area contributed by atoms with Crippen molar-refractivity contribution >= 4 is 34.6 Å². The van der Waals surface area contributed by atoms with Gasteiger partial charge in [-0.05, 0) is 49.1 Å². The standard InChI is InChI=1S/C24H27N3O5/c1-3-32-21(30)24(12-6-7-13-24)25-19(28)15-27-20(29)23(2,26-22(27)31)18-11-10-16-8-4-5-9-17(16)14-18/h4-5,8-11,14H,3,6-7,12-13,15H2,1-2H3,(H,25,28)(H,26,31). The minimum absolute atomic E-state index is 0.216. The number of nitrogens with zero attached hydrogens (tertiary/aromatic N) is 1. The second-order valence-electron chi connectivity index (χ2n) is 8.57. The van der Waals surface area contributed by atoms with Crippen LogP contribution in [0.15, 0.2) is 42.5 Å². The molecule has 1 heterocycles. The Morgan fingerprint density at radius 2 is 1.78 bits per heavy atom. The van der Waals surface area contributed by atoms with E-state index in [0.717, 1.165) is 28.5 Å². The van der Waals surface area contributed by atoms with E-state index in [2.05, 4.69) is 10.6 Å². The van der Waals surface area contributed by atoms with E-state index in [1.54, 1.807) is 19.9 Å². The Bertz CT molecular complexity index is 1090. The smallest absolute Gasteiger partial charge is 0.331 e. The monoisotopic (exact) mass is 437 g/mol. The summed E-state index contributed by atoms with van der Waals surface area (Å²) in [7, 11) is 0. The molecule has 0 bridgehead atoms. The number of rotatable bonds is 6. The maximum absolute atomic E-state index is 13.2. The molecular formula is C24H27N3O5. The van der Waals surface area contributed by atoms with Gasteiger partial charge in [-0.25, -0.2) is 9.59 Å². The molecule has 0 radical (unpaired) electrons.